The van der Waals surface area contributed by atoms with Gasteiger partial charge in [-0.3, -0.25) is 4.79 Å². The third-order valence-corrected chi connectivity index (χ3v) is 6.97. The molecule has 0 radical (unpaired) electrons. The molecular formula is C20H32N2O3S. The molecule has 6 heteroatoms. The number of nitrogens with one attached hydrogen (secondary N) is 2. The Hall–Kier alpha value is -1.40. The van der Waals surface area contributed by atoms with Gasteiger partial charge in [-0.15, -0.1) is 0 Å². The Morgan fingerprint density at radius 2 is 1.58 bits per heavy atom. The summed E-state index contributed by atoms with van der Waals surface area (Å²) < 4.78 is 26.7. The molecule has 1 aromatic carbocycles. The summed E-state index contributed by atoms with van der Waals surface area (Å²) in [6.45, 7) is 9.82. The monoisotopic (exact) mass is 380 g/mol. The molecule has 26 heavy (non-hydrogen) atoms. The Bertz CT molecular complexity index is 710. The van der Waals surface area contributed by atoms with Crippen LogP contribution in [0, 0.1) is 5.92 Å². The van der Waals surface area contributed by atoms with E-state index >= 15 is 0 Å². The minimum absolute atomic E-state index is 0.0266. The zero-order valence-electron chi connectivity index (χ0n) is 16.5. The summed E-state index contributed by atoms with van der Waals surface area (Å²) in [4.78, 5) is 12.5. The van der Waals surface area contributed by atoms with E-state index in [0.717, 1.165) is 5.69 Å². The molecule has 2 N–H and O–H groups in total. The van der Waals surface area contributed by atoms with E-state index in [1.807, 2.05) is 24.3 Å². The molecule has 1 aliphatic carbocycles. The van der Waals surface area contributed by atoms with Crippen molar-refractivity contribution < 1.29 is 13.2 Å². The molecule has 0 atom stereocenters. The highest BCUT2D eigenvalue weighted by Crippen LogP contribution is 2.27. The van der Waals surface area contributed by atoms with Gasteiger partial charge in [-0.2, -0.15) is 0 Å². The average Bonchev–Trinajstić information content (AvgIpc) is 2.54. The van der Waals surface area contributed by atoms with E-state index in [-0.39, 0.29) is 23.3 Å². The highest BCUT2D eigenvalue weighted by molar-refractivity contribution is 7.90. The van der Waals surface area contributed by atoms with E-state index in [0.29, 0.717) is 25.7 Å². The van der Waals surface area contributed by atoms with Crippen molar-refractivity contribution >= 4 is 21.6 Å². The average molecular weight is 381 g/mol. The predicted octanol–water partition coefficient (Wildman–Crippen LogP) is 3.81. The smallest absolute Gasteiger partial charge is 0.227 e. The third-order valence-electron chi connectivity index (χ3n) is 5.07. The zero-order chi connectivity index (χ0) is 19.5. The molecule has 2 rings (SSSR count). The number of carbonyl (C=O) groups excluding carboxylic acids is 1. The van der Waals surface area contributed by atoms with Crippen LogP contribution in [0.3, 0.4) is 0 Å². The highest BCUT2D eigenvalue weighted by atomic mass is 32.2. The van der Waals surface area contributed by atoms with E-state index in [1.165, 1.54) is 5.56 Å². The van der Waals surface area contributed by atoms with Gasteiger partial charge in [-0.05, 0) is 62.6 Å². The fourth-order valence-corrected chi connectivity index (χ4v) is 4.11. The summed E-state index contributed by atoms with van der Waals surface area (Å²) in [5.41, 5.74) is 2.13. The molecular weight excluding hydrogens is 348 g/mol. The number of hydrogen-bond acceptors (Lipinski definition) is 3. The van der Waals surface area contributed by atoms with Crippen molar-refractivity contribution in [1.29, 1.82) is 0 Å². The minimum Gasteiger partial charge on any atom is -0.326 e. The van der Waals surface area contributed by atoms with Crippen LogP contribution in [0.25, 0.3) is 0 Å². The number of anilines is 1. The quantitative estimate of drug-likeness (QED) is 0.815. The Kier molecular flexibility index (Phi) is 6.51. The van der Waals surface area contributed by atoms with Crippen LogP contribution >= 0.6 is 0 Å². The number of benzene rings is 1. The van der Waals surface area contributed by atoms with Crippen molar-refractivity contribution in [1.82, 2.24) is 4.72 Å². The number of amides is 1. The molecule has 146 valence electrons. The van der Waals surface area contributed by atoms with Gasteiger partial charge < -0.3 is 5.32 Å². The molecule has 1 aliphatic rings. The second-order valence-corrected chi connectivity index (χ2v) is 10.8. The Morgan fingerprint density at radius 1 is 1.04 bits per heavy atom. The maximum absolute atomic E-state index is 12.5. The first-order valence-electron chi connectivity index (χ1n) is 9.41. The number of sulfonamides is 1. The summed E-state index contributed by atoms with van der Waals surface area (Å²) in [6.07, 6.45) is 2.81. The SMILES string of the molecule is CC(C)S(=O)(=O)NC1CCC(C(=O)Nc2ccc(C(C)(C)C)cc2)CC1. The van der Waals surface area contributed by atoms with Gasteiger partial charge in [0, 0.05) is 17.6 Å². The van der Waals surface area contributed by atoms with Gasteiger partial charge in [0.25, 0.3) is 0 Å². The lowest BCUT2D eigenvalue weighted by atomic mass is 9.85. The lowest BCUT2D eigenvalue weighted by Gasteiger charge is -2.29. The van der Waals surface area contributed by atoms with E-state index in [9.17, 15) is 13.2 Å². The molecule has 1 fully saturated rings. The predicted molar refractivity (Wildman–Crippen MR) is 107 cm³/mol. The van der Waals surface area contributed by atoms with E-state index in [1.54, 1.807) is 13.8 Å². The normalized spacial score (nSPS) is 21.6. The van der Waals surface area contributed by atoms with Crippen LogP contribution in [0.15, 0.2) is 24.3 Å². The molecule has 0 saturated heterocycles. The van der Waals surface area contributed by atoms with Crippen LogP contribution in [-0.2, 0) is 20.2 Å². The standard InChI is InChI=1S/C20H32N2O3S/c1-14(2)26(24,25)22-18-10-6-15(7-11-18)19(23)21-17-12-8-16(9-13-17)20(3,4)5/h8-9,12-15,18,22H,6-7,10-11H2,1-5H3,(H,21,23). The first-order valence-corrected chi connectivity index (χ1v) is 11.0. The molecule has 0 heterocycles. The maximum atomic E-state index is 12.5. The minimum atomic E-state index is -3.25. The summed E-state index contributed by atoms with van der Waals surface area (Å²) in [5, 5.41) is 2.56. The lowest BCUT2D eigenvalue weighted by molar-refractivity contribution is -0.120. The molecule has 0 bridgehead atoms. The topological polar surface area (TPSA) is 75.3 Å². The van der Waals surface area contributed by atoms with E-state index in [2.05, 4.69) is 30.8 Å². The fraction of sp³-hybridized carbons (Fsp3) is 0.650. The third kappa shape index (κ3) is 5.55. The highest BCUT2D eigenvalue weighted by Gasteiger charge is 2.29. The van der Waals surface area contributed by atoms with Crippen LogP contribution in [0.1, 0.15) is 65.9 Å². The summed E-state index contributed by atoms with van der Waals surface area (Å²) in [7, 11) is -3.25. The second-order valence-electron chi connectivity index (χ2n) is 8.58. The number of hydrogen-bond donors (Lipinski definition) is 2. The van der Waals surface area contributed by atoms with Crippen molar-refractivity contribution in [2.45, 2.75) is 77.0 Å². The van der Waals surface area contributed by atoms with Crippen molar-refractivity contribution in [2.75, 3.05) is 5.32 Å². The van der Waals surface area contributed by atoms with Crippen LogP contribution in [0.5, 0.6) is 0 Å². The van der Waals surface area contributed by atoms with Crippen molar-refractivity contribution in [3.8, 4) is 0 Å². The van der Waals surface area contributed by atoms with Crippen LogP contribution in [0.4, 0.5) is 5.69 Å². The van der Waals surface area contributed by atoms with Crippen LogP contribution in [-0.4, -0.2) is 25.6 Å². The molecule has 1 amide bonds. The van der Waals surface area contributed by atoms with Gasteiger partial charge in [0.2, 0.25) is 15.9 Å². The molecule has 0 aromatic heterocycles. The second kappa shape index (κ2) is 8.09. The largest absolute Gasteiger partial charge is 0.326 e. The Morgan fingerprint density at radius 3 is 2.04 bits per heavy atom. The summed E-state index contributed by atoms with van der Waals surface area (Å²) in [5.74, 6) is -0.0317. The first-order chi connectivity index (χ1) is 12.0. The van der Waals surface area contributed by atoms with Gasteiger partial charge in [0.1, 0.15) is 0 Å². The molecule has 1 aromatic rings. The van der Waals surface area contributed by atoms with E-state index < -0.39 is 15.3 Å². The zero-order valence-corrected chi connectivity index (χ0v) is 17.3. The number of rotatable bonds is 5. The van der Waals surface area contributed by atoms with Gasteiger partial charge >= 0.3 is 0 Å². The van der Waals surface area contributed by atoms with Gasteiger partial charge in [-0.25, -0.2) is 13.1 Å². The fourth-order valence-electron chi connectivity index (χ4n) is 3.14. The van der Waals surface area contributed by atoms with E-state index in [4.69, 9.17) is 0 Å². The van der Waals surface area contributed by atoms with Crippen LogP contribution < -0.4 is 10.0 Å². The Labute approximate surface area is 158 Å². The summed E-state index contributed by atoms with van der Waals surface area (Å²) in [6, 6.07) is 7.93. The van der Waals surface area contributed by atoms with Crippen LogP contribution in [0.2, 0.25) is 0 Å². The van der Waals surface area contributed by atoms with Gasteiger partial charge in [-0.1, -0.05) is 32.9 Å². The molecule has 5 nitrogen and oxygen atoms in total. The molecule has 1 saturated carbocycles. The number of carbonyl (C=O) groups is 1. The molecule has 0 spiro atoms. The van der Waals surface area contributed by atoms with Crippen molar-refractivity contribution in [3.05, 3.63) is 29.8 Å². The summed E-state index contributed by atoms with van der Waals surface area (Å²) >= 11 is 0. The first kappa shape index (κ1) is 20.9. The lowest BCUT2D eigenvalue weighted by Crippen LogP contribution is -2.42. The maximum Gasteiger partial charge on any atom is 0.227 e. The Balaban J connectivity index is 1.87. The molecule has 0 unspecified atom stereocenters. The van der Waals surface area contributed by atoms with Gasteiger partial charge in [0.05, 0.1) is 5.25 Å². The van der Waals surface area contributed by atoms with Crippen molar-refractivity contribution in [3.63, 3.8) is 0 Å². The molecule has 0 aliphatic heterocycles. The van der Waals surface area contributed by atoms with Crippen molar-refractivity contribution in [2.24, 2.45) is 5.92 Å². The van der Waals surface area contributed by atoms with Gasteiger partial charge in [0.15, 0.2) is 0 Å².